The molecule has 3 aromatic carbocycles. The summed E-state index contributed by atoms with van der Waals surface area (Å²) in [4.78, 5) is 39.0. The quantitative estimate of drug-likeness (QED) is 0.478. The average Bonchev–Trinajstić information content (AvgIpc) is 2.64. The lowest BCUT2D eigenvalue weighted by Crippen LogP contribution is -2.43. The van der Waals surface area contributed by atoms with Crippen molar-refractivity contribution in [3.63, 3.8) is 0 Å². The molecule has 0 fully saturated rings. The lowest BCUT2D eigenvalue weighted by Gasteiger charge is -2.27. The summed E-state index contributed by atoms with van der Waals surface area (Å²) in [5, 5.41) is 1.36. The van der Waals surface area contributed by atoms with Crippen LogP contribution in [0, 0.1) is 5.82 Å². The maximum absolute atomic E-state index is 13.0. The van der Waals surface area contributed by atoms with E-state index in [-0.39, 0.29) is 5.56 Å². The van der Waals surface area contributed by atoms with Gasteiger partial charge in [-0.15, -0.1) is 0 Å². The number of ketones is 1. The molecule has 1 aliphatic heterocycles. The van der Waals surface area contributed by atoms with Crippen LogP contribution >= 0.6 is 15.9 Å². The first-order chi connectivity index (χ1) is 12.5. The minimum atomic E-state index is -0.512. The molecular formula is C20H11BrFNO3. The molecule has 1 heterocycles. The summed E-state index contributed by atoms with van der Waals surface area (Å²) in [5.41, 5.74) is 1.00. The molecule has 0 bridgehead atoms. The van der Waals surface area contributed by atoms with Crippen LogP contribution in [0.15, 0.2) is 59.1 Å². The normalized spacial score (nSPS) is 13.4. The third-order valence-electron chi connectivity index (χ3n) is 4.41. The zero-order valence-corrected chi connectivity index (χ0v) is 14.9. The minimum absolute atomic E-state index is 0.242. The van der Waals surface area contributed by atoms with Crippen LogP contribution in [0.2, 0.25) is 0 Å². The third-order valence-corrected chi connectivity index (χ3v) is 5.10. The number of carbonyl (C=O) groups is 3. The van der Waals surface area contributed by atoms with Crippen LogP contribution in [0.4, 0.5) is 4.39 Å². The van der Waals surface area contributed by atoms with E-state index < -0.39 is 30.0 Å². The van der Waals surface area contributed by atoms with Crippen molar-refractivity contribution in [2.24, 2.45) is 0 Å². The highest BCUT2D eigenvalue weighted by Crippen LogP contribution is 2.34. The molecule has 0 aromatic heterocycles. The van der Waals surface area contributed by atoms with Crippen molar-refractivity contribution in [3.05, 3.63) is 81.6 Å². The second kappa shape index (κ2) is 6.14. The maximum atomic E-state index is 13.0. The molecule has 0 aliphatic carbocycles. The van der Waals surface area contributed by atoms with Gasteiger partial charge in [-0.1, -0.05) is 28.1 Å². The number of hydrogen-bond donors (Lipinski definition) is 0. The highest BCUT2D eigenvalue weighted by atomic mass is 79.9. The van der Waals surface area contributed by atoms with Crippen LogP contribution in [0.3, 0.4) is 0 Å². The summed E-state index contributed by atoms with van der Waals surface area (Å²) in [6.07, 6.45) is 0. The molecule has 0 saturated heterocycles. The van der Waals surface area contributed by atoms with Gasteiger partial charge in [0.2, 0.25) is 0 Å². The second-order valence-corrected chi connectivity index (χ2v) is 6.80. The maximum Gasteiger partial charge on any atom is 0.261 e. The van der Waals surface area contributed by atoms with Crippen molar-refractivity contribution < 1.29 is 18.8 Å². The predicted molar refractivity (Wildman–Crippen MR) is 97.7 cm³/mol. The van der Waals surface area contributed by atoms with Crippen LogP contribution in [0.1, 0.15) is 31.1 Å². The van der Waals surface area contributed by atoms with E-state index in [1.165, 1.54) is 24.3 Å². The second-order valence-electron chi connectivity index (χ2n) is 5.95. The van der Waals surface area contributed by atoms with Gasteiger partial charge in [0, 0.05) is 26.5 Å². The first-order valence-electron chi connectivity index (χ1n) is 7.83. The molecular weight excluding hydrogens is 401 g/mol. The van der Waals surface area contributed by atoms with Crippen molar-refractivity contribution in [3.8, 4) is 0 Å². The Morgan fingerprint density at radius 1 is 0.923 bits per heavy atom. The van der Waals surface area contributed by atoms with Crippen molar-refractivity contribution in [2.45, 2.75) is 0 Å². The van der Waals surface area contributed by atoms with Crippen LogP contribution in [-0.2, 0) is 0 Å². The Balaban J connectivity index is 1.75. The summed E-state index contributed by atoms with van der Waals surface area (Å²) >= 11 is 3.43. The van der Waals surface area contributed by atoms with Crippen molar-refractivity contribution >= 4 is 44.3 Å². The van der Waals surface area contributed by atoms with E-state index in [1.54, 1.807) is 24.3 Å². The Labute approximate surface area is 156 Å². The standard InChI is InChI=1S/C20H11BrFNO3/c21-16-9-8-15-18-13(16)2-1-3-14(18)19(25)23(20(15)26)10-17(24)11-4-6-12(22)7-5-11/h1-9H,10H2. The van der Waals surface area contributed by atoms with E-state index in [0.29, 0.717) is 16.5 Å². The van der Waals surface area contributed by atoms with E-state index in [1.807, 2.05) is 6.07 Å². The Morgan fingerprint density at radius 2 is 1.58 bits per heavy atom. The summed E-state index contributed by atoms with van der Waals surface area (Å²) in [5.74, 6) is -1.92. The smallest absolute Gasteiger partial charge is 0.261 e. The molecule has 1 aliphatic rings. The van der Waals surface area contributed by atoms with Crippen molar-refractivity contribution in [2.75, 3.05) is 6.54 Å². The van der Waals surface area contributed by atoms with Gasteiger partial charge in [-0.05, 0) is 47.9 Å². The fourth-order valence-electron chi connectivity index (χ4n) is 3.12. The summed E-state index contributed by atoms with van der Waals surface area (Å²) < 4.78 is 13.8. The molecule has 0 atom stereocenters. The van der Waals surface area contributed by atoms with Crippen LogP contribution in [-0.4, -0.2) is 29.0 Å². The lowest BCUT2D eigenvalue weighted by molar-refractivity contribution is 0.0585. The van der Waals surface area contributed by atoms with E-state index in [0.717, 1.165) is 14.8 Å². The van der Waals surface area contributed by atoms with E-state index in [9.17, 15) is 18.8 Å². The molecule has 128 valence electrons. The molecule has 26 heavy (non-hydrogen) atoms. The third kappa shape index (κ3) is 2.54. The number of benzene rings is 3. The summed E-state index contributed by atoms with van der Waals surface area (Å²) in [7, 11) is 0. The van der Waals surface area contributed by atoms with Gasteiger partial charge in [0.05, 0.1) is 6.54 Å². The molecule has 0 saturated carbocycles. The fourth-order valence-corrected chi connectivity index (χ4v) is 3.59. The zero-order valence-electron chi connectivity index (χ0n) is 13.3. The SMILES string of the molecule is O=C(CN1C(=O)c2cccc3c(Br)ccc(c23)C1=O)c1ccc(F)cc1. The van der Waals surface area contributed by atoms with Gasteiger partial charge in [0.25, 0.3) is 11.8 Å². The van der Waals surface area contributed by atoms with Gasteiger partial charge in [-0.25, -0.2) is 4.39 Å². The Kier molecular flexibility index (Phi) is 3.92. The number of hydrogen-bond acceptors (Lipinski definition) is 3. The van der Waals surface area contributed by atoms with Gasteiger partial charge in [-0.2, -0.15) is 0 Å². The minimum Gasteiger partial charge on any atom is -0.292 e. The first kappa shape index (κ1) is 16.6. The highest BCUT2D eigenvalue weighted by Gasteiger charge is 2.34. The van der Waals surface area contributed by atoms with Crippen molar-refractivity contribution in [1.82, 2.24) is 4.90 Å². The number of Topliss-reactive ketones (excluding diaryl/α,β-unsaturated/α-hetero) is 1. The van der Waals surface area contributed by atoms with Crippen molar-refractivity contribution in [1.29, 1.82) is 0 Å². The number of amides is 2. The van der Waals surface area contributed by atoms with E-state index >= 15 is 0 Å². The number of carbonyl (C=O) groups excluding carboxylic acids is 3. The fraction of sp³-hybridized carbons (Fsp3) is 0.0500. The predicted octanol–water partition coefficient (Wildman–Crippen LogP) is 4.22. The molecule has 2 amide bonds. The number of halogens is 2. The Morgan fingerprint density at radius 3 is 2.27 bits per heavy atom. The molecule has 4 nitrogen and oxygen atoms in total. The number of nitrogens with zero attached hydrogens (tertiary/aromatic N) is 1. The monoisotopic (exact) mass is 411 g/mol. The number of imide groups is 1. The van der Waals surface area contributed by atoms with E-state index in [4.69, 9.17) is 0 Å². The molecule has 4 rings (SSSR count). The molecule has 3 aromatic rings. The van der Waals surface area contributed by atoms with Gasteiger partial charge in [-0.3, -0.25) is 19.3 Å². The Hall–Kier alpha value is -2.86. The lowest BCUT2D eigenvalue weighted by atomic mass is 9.94. The van der Waals surface area contributed by atoms with Gasteiger partial charge < -0.3 is 0 Å². The molecule has 0 N–H and O–H groups in total. The molecule has 6 heteroatoms. The molecule has 0 spiro atoms. The van der Waals surface area contributed by atoms with Crippen LogP contribution in [0.25, 0.3) is 10.8 Å². The average molecular weight is 412 g/mol. The molecule has 0 unspecified atom stereocenters. The molecule has 0 radical (unpaired) electrons. The van der Waals surface area contributed by atoms with Gasteiger partial charge in [0.15, 0.2) is 5.78 Å². The summed E-state index contributed by atoms with van der Waals surface area (Å²) in [6, 6.07) is 13.6. The largest absolute Gasteiger partial charge is 0.292 e. The summed E-state index contributed by atoms with van der Waals surface area (Å²) in [6.45, 7) is -0.394. The Bertz CT molecular complexity index is 1070. The van der Waals surface area contributed by atoms with Crippen LogP contribution < -0.4 is 0 Å². The first-order valence-corrected chi connectivity index (χ1v) is 8.63. The van der Waals surface area contributed by atoms with Crippen LogP contribution in [0.5, 0.6) is 0 Å². The topological polar surface area (TPSA) is 54.5 Å². The van der Waals surface area contributed by atoms with Gasteiger partial charge >= 0.3 is 0 Å². The zero-order chi connectivity index (χ0) is 18.4. The highest BCUT2D eigenvalue weighted by molar-refractivity contribution is 9.10. The van der Waals surface area contributed by atoms with Gasteiger partial charge in [0.1, 0.15) is 5.82 Å². The van der Waals surface area contributed by atoms with E-state index in [2.05, 4.69) is 15.9 Å². The number of rotatable bonds is 3.